The van der Waals surface area contributed by atoms with Gasteiger partial charge in [-0.2, -0.15) is 0 Å². The van der Waals surface area contributed by atoms with Gasteiger partial charge in [-0.3, -0.25) is 0 Å². The van der Waals surface area contributed by atoms with Gasteiger partial charge in [-0.25, -0.2) is 0 Å². The van der Waals surface area contributed by atoms with Crippen molar-refractivity contribution < 1.29 is 9.47 Å². The Balaban J connectivity index is 2.73. The second-order valence-electron chi connectivity index (χ2n) is 2.77. The van der Waals surface area contributed by atoms with E-state index in [1.165, 1.54) is 25.7 Å². The Labute approximate surface area is 83.8 Å². The molecule has 0 heterocycles. The van der Waals surface area contributed by atoms with Crippen molar-refractivity contribution in [2.24, 2.45) is 0 Å². The number of unbranched alkanes of at least 4 members (excludes halogenated alkanes) is 4. The maximum absolute atomic E-state index is 5.16. The molecule has 0 aromatic heterocycles. The highest BCUT2D eigenvalue weighted by Gasteiger charge is 1.90. The summed E-state index contributed by atoms with van der Waals surface area (Å²) < 4.78 is 9.92. The number of methoxy groups -OCH3 is 1. The van der Waals surface area contributed by atoms with Crippen molar-refractivity contribution in [3.8, 4) is 0 Å². The van der Waals surface area contributed by atoms with Crippen molar-refractivity contribution in [1.29, 1.82) is 0 Å². The first kappa shape index (κ1) is 12.4. The maximum Gasteiger partial charge on any atom is 0.146 e. The number of alkyl halides is 1. The highest BCUT2D eigenvalue weighted by molar-refractivity contribution is 9.09. The average molecular weight is 239 g/mol. The van der Waals surface area contributed by atoms with Crippen molar-refractivity contribution in [1.82, 2.24) is 0 Å². The topological polar surface area (TPSA) is 18.5 Å². The second-order valence-corrected chi connectivity index (χ2v) is 3.56. The van der Waals surface area contributed by atoms with Gasteiger partial charge < -0.3 is 9.47 Å². The fourth-order valence-corrected chi connectivity index (χ4v) is 1.37. The van der Waals surface area contributed by atoms with Gasteiger partial charge in [0.15, 0.2) is 0 Å². The van der Waals surface area contributed by atoms with Crippen LogP contribution >= 0.6 is 15.9 Å². The molecule has 0 saturated carbocycles. The zero-order chi connectivity index (χ0) is 9.07. The van der Waals surface area contributed by atoms with Gasteiger partial charge in [-0.05, 0) is 12.8 Å². The monoisotopic (exact) mass is 238 g/mol. The molecule has 0 aliphatic heterocycles. The third-order valence-electron chi connectivity index (χ3n) is 1.62. The van der Waals surface area contributed by atoms with Crippen LogP contribution in [-0.4, -0.2) is 25.8 Å². The summed E-state index contributed by atoms with van der Waals surface area (Å²) in [4.78, 5) is 0. The predicted molar refractivity (Wildman–Crippen MR) is 54.7 cm³/mol. The Bertz CT molecular complexity index is 68.9. The summed E-state index contributed by atoms with van der Waals surface area (Å²) in [6, 6.07) is 0. The van der Waals surface area contributed by atoms with E-state index in [0.29, 0.717) is 6.79 Å². The molecule has 2 nitrogen and oxygen atoms in total. The van der Waals surface area contributed by atoms with Crippen molar-refractivity contribution in [2.75, 3.05) is 25.8 Å². The van der Waals surface area contributed by atoms with E-state index < -0.39 is 0 Å². The Kier molecular flexibility index (Phi) is 11.8. The van der Waals surface area contributed by atoms with Gasteiger partial charge in [0, 0.05) is 19.0 Å². The molecule has 0 rings (SSSR count). The summed E-state index contributed by atoms with van der Waals surface area (Å²) in [5.41, 5.74) is 0. The van der Waals surface area contributed by atoms with E-state index >= 15 is 0 Å². The minimum absolute atomic E-state index is 0.432. The highest BCUT2D eigenvalue weighted by atomic mass is 79.9. The zero-order valence-electron chi connectivity index (χ0n) is 7.85. The minimum atomic E-state index is 0.432. The molecular formula is C9H19BrO2. The van der Waals surface area contributed by atoms with Crippen molar-refractivity contribution in [3.05, 3.63) is 0 Å². The standard InChI is InChI=1S/C9H19BrO2/c1-11-9-12-8-6-4-2-3-5-7-10/h2-9H2,1H3. The molecule has 0 amide bonds. The van der Waals surface area contributed by atoms with Crippen LogP contribution in [0, 0.1) is 0 Å². The highest BCUT2D eigenvalue weighted by Crippen LogP contribution is 2.04. The predicted octanol–water partition coefficient (Wildman–Crippen LogP) is 2.95. The van der Waals surface area contributed by atoms with E-state index in [1.807, 2.05) is 0 Å². The van der Waals surface area contributed by atoms with E-state index in [0.717, 1.165) is 18.4 Å². The van der Waals surface area contributed by atoms with E-state index in [4.69, 9.17) is 9.47 Å². The molecule has 0 N–H and O–H groups in total. The van der Waals surface area contributed by atoms with Crippen LogP contribution in [-0.2, 0) is 9.47 Å². The van der Waals surface area contributed by atoms with E-state index in [2.05, 4.69) is 15.9 Å². The molecule has 0 unspecified atom stereocenters. The summed E-state index contributed by atoms with van der Waals surface area (Å²) >= 11 is 3.41. The van der Waals surface area contributed by atoms with Crippen LogP contribution < -0.4 is 0 Å². The van der Waals surface area contributed by atoms with Gasteiger partial charge in [-0.15, -0.1) is 0 Å². The number of rotatable bonds is 9. The molecule has 0 aliphatic carbocycles. The molecule has 0 aromatic rings. The Morgan fingerprint density at radius 1 is 1.00 bits per heavy atom. The number of hydrogen-bond donors (Lipinski definition) is 0. The minimum Gasteiger partial charge on any atom is -0.359 e. The molecule has 0 radical (unpaired) electrons. The number of ether oxygens (including phenoxy) is 2. The molecule has 0 saturated heterocycles. The van der Waals surface area contributed by atoms with E-state index in [-0.39, 0.29) is 0 Å². The summed E-state index contributed by atoms with van der Waals surface area (Å²) in [5, 5.41) is 1.13. The molecule has 0 atom stereocenters. The third-order valence-corrected chi connectivity index (χ3v) is 2.18. The number of halogens is 1. The van der Waals surface area contributed by atoms with Gasteiger partial charge in [0.1, 0.15) is 6.79 Å². The molecule has 12 heavy (non-hydrogen) atoms. The van der Waals surface area contributed by atoms with Crippen LogP contribution in [0.5, 0.6) is 0 Å². The average Bonchev–Trinajstić information content (AvgIpc) is 2.10. The largest absolute Gasteiger partial charge is 0.359 e. The van der Waals surface area contributed by atoms with Crippen molar-refractivity contribution >= 4 is 15.9 Å². The molecule has 0 bridgehead atoms. The zero-order valence-corrected chi connectivity index (χ0v) is 9.44. The Hall–Kier alpha value is 0.400. The first-order valence-electron chi connectivity index (χ1n) is 4.54. The quantitative estimate of drug-likeness (QED) is 0.350. The molecule has 0 fully saturated rings. The third kappa shape index (κ3) is 10.4. The second kappa shape index (κ2) is 11.4. The van der Waals surface area contributed by atoms with Crippen LogP contribution in [0.25, 0.3) is 0 Å². The van der Waals surface area contributed by atoms with Gasteiger partial charge in [0.05, 0.1) is 0 Å². The molecule has 0 aromatic carbocycles. The van der Waals surface area contributed by atoms with Gasteiger partial charge >= 0.3 is 0 Å². The van der Waals surface area contributed by atoms with E-state index in [9.17, 15) is 0 Å². The van der Waals surface area contributed by atoms with Crippen LogP contribution in [0.2, 0.25) is 0 Å². The van der Waals surface area contributed by atoms with Crippen LogP contribution in [0.3, 0.4) is 0 Å². The lowest BCUT2D eigenvalue weighted by Gasteiger charge is -2.01. The lowest BCUT2D eigenvalue weighted by molar-refractivity contribution is -0.0315. The summed E-state index contributed by atoms with van der Waals surface area (Å²) in [5.74, 6) is 0. The normalized spacial score (nSPS) is 10.5. The number of hydrogen-bond acceptors (Lipinski definition) is 2. The fraction of sp³-hybridized carbons (Fsp3) is 1.00. The lowest BCUT2D eigenvalue weighted by Crippen LogP contribution is -1.98. The summed E-state index contributed by atoms with van der Waals surface area (Å²) in [7, 11) is 1.65. The van der Waals surface area contributed by atoms with Gasteiger partial charge in [0.2, 0.25) is 0 Å². The first-order valence-corrected chi connectivity index (χ1v) is 5.66. The summed E-state index contributed by atoms with van der Waals surface area (Å²) in [6.45, 7) is 1.27. The van der Waals surface area contributed by atoms with Crippen molar-refractivity contribution in [3.63, 3.8) is 0 Å². The lowest BCUT2D eigenvalue weighted by atomic mass is 10.2. The van der Waals surface area contributed by atoms with Gasteiger partial charge in [0.25, 0.3) is 0 Å². The summed E-state index contributed by atoms with van der Waals surface area (Å²) in [6.07, 6.45) is 6.37. The molecule has 3 heteroatoms. The van der Waals surface area contributed by atoms with Gasteiger partial charge in [-0.1, -0.05) is 35.2 Å². The smallest absolute Gasteiger partial charge is 0.146 e. The Morgan fingerprint density at radius 3 is 2.33 bits per heavy atom. The SMILES string of the molecule is COCOCCCCCCCBr. The Morgan fingerprint density at radius 2 is 1.67 bits per heavy atom. The maximum atomic E-state index is 5.16. The van der Waals surface area contributed by atoms with Crippen LogP contribution in [0.1, 0.15) is 32.1 Å². The van der Waals surface area contributed by atoms with Crippen LogP contribution in [0.4, 0.5) is 0 Å². The molecular weight excluding hydrogens is 220 g/mol. The molecule has 0 spiro atoms. The van der Waals surface area contributed by atoms with Crippen LogP contribution in [0.15, 0.2) is 0 Å². The molecule has 0 aliphatic rings. The van der Waals surface area contributed by atoms with E-state index in [1.54, 1.807) is 7.11 Å². The van der Waals surface area contributed by atoms with Crippen molar-refractivity contribution in [2.45, 2.75) is 32.1 Å². The first-order chi connectivity index (χ1) is 5.91. The fourth-order valence-electron chi connectivity index (χ4n) is 0.971. The molecule has 74 valence electrons.